The summed E-state index contributed by atoms with van der Waals surface area (Å²) in [5, 5.41) is 2.98. The standard InChI is InChI=1S/C21H27NO3/c1-4-16-5-7-17(8-6-16)10-12-21(23)22-14-13-18-9-11-19(24-2)20(15-18)25-3/h5-9,11,15H,4,10,12-14H2,1-3H3,(H,22,23). The van der Waals surface area contributed by atoms with Crippen molar-refractivity contribution in [1.82, 2.24) is 5.32 Å². The molecule has 4 nitrogen and oxygen atoms in total. The van der Waals surface area contributed by atoms with Gasteiger partial charge in [0.05, 0.1) is 14.2 Å². The molecule has 0 heterocycles. The lowest BCUT2D eigenvalue weighted by atomic mass is 10.1. The van der Waals surface area contributed by atoms with E-state index in [4.69, 9.17) is 9.47 Å². The third kappa shape index (κ3) is 5.82. The highest BCUT2D eigenvalue weighted by atomic mass is 16.5. The van der Waals surface area contributed by atoms with Crippen molar-refractivity contribution in [2.75, 3.05) is 20.8 Å². The minimum atomic E-state index is 0.0834. The van der Waals surface area contributed by atoms with Gasteiger partial charge in [-0.25, -0.2) is 0 Å². The molecule has 134 valence electrons. The van der Waals surface area contributed by atoms with Crippen molar-refractivity contribution < 1.29 is 14.3 Å². The summed E-state index contributed by atoms with van der Waals surface area (Å²) in [5.74, 6) is 1.51. The number of ether oxygens (including phenoxy) is 2. The third-order valence-electron chi connectivity index (χ3n) is 4.26. The number of nitrogens with one attached hydrogen (secondary N) is 1. The fraction of sp³-hybridized carbons (Fsp3) is 0.381. The summed E-state index contributed by atoms with van der Waals surface area (Å²) in [6, 6.07) is 14.3. The van der Waals surface area contributed by atoms with Crippen molar-refractivity contribution in [1.29, 1.82) is 0 Å². The molecule has 2 aromatic carbocycles. The van der Waals surface area contributed by atoms with Gasteiger partial charge in [0.2, 0.25) is 5.91 Å². The van der Waals surface area contributed by atoms with Crippen LogP contribution in [0.5, 0.6) is 11.5 Å². The molecule has 1 N–H and O–H groups in total. The van der Waals surface area contributed by atoms with Crippen LogP contribution in [0.4, 0.5) is 0 Å². The lowest BCUT2D eigenvalue weighted by molar-refractivity contribution is -0.121. The van der Waals surface area contributed by atoms with Crippen molar-refractivity contribution in [3.05, 3.63) is 59.2 Å². The van der Waals surface area contributed by atoms with Gasteiger partial charge in [-0.1, -0.05) is 37.3 Å². The van der Waals surface area contributed by atoms with E-state index in [-0.39, 0.29) is 5.91 Å². The number of rotatable bonds is 9. The predicted molar refractivity (Wildman–Crippen MR) is 100 cm³/mol. The molecule has 25 heavy (non-hydrogen) atoms. The van der Waals surface area contributed by atoms with Gasteiger partial charge < -0.3 is 14.8 Å². The van der Waals surface area contributed by atoms with Gasteiger partial charge in [-0.3, -0.25) is 4.79 Å². The van der Waals surface area contributed by atoms with Crippen LogP contribution in [-0.2, 0) is 24.1 Å². The molecule has 0 bridgehead atoms. The van der Waals surface area contributed by atoms with Crippen LogP contribution < -0.4 is 14.8 Å². The fourth-order valence-corrected chi connectivity index (χ4v) is 2.67. The Balaban J connectivity index is 1.74. The van der Waals surface area contributed by atoms with Gasteiger partial charge >= 0.3 is 0 Å². The van der Waals surface area contributed by atoms with Crippen LogP contribution in [0.3, 0.4) is 0 Å². The summed E-state index contributed by atoms with van der Waals surface area (Å²) < 4.78 is 10.5. The molecule has 0 aliphatic carbocycles. The molecule has 4 heteroatoms. The van der Waals surface area contributed by atoms with Crippen LogP contribution in [0.25, 0.3) is 0 Å². The van der Waals surface area contributed by atoms with Gasteiger partial charge in [0.1, 0.15) is 0 Å². The summed E-state index contributed by atoms with van der Waals surface area (Å²) in [4.78, 5) is 12.0. The molecular formula is C21H27NO3. The average molecular weight is 341 g/mol. The zero-order chi connectivity index (χ0) is 18.1. The Morgan fingerprint density at radius 1 is 0.880 bits per heavy atom. The third-order valence-corrected chi connectivity index (χ3v) is 4.26. The highest BCUT2D eigenvalue weighted by Crippen LogP contribution is 2.27. The number of methoxy groups -OCH3 is 2. The van der Waals surface area contributed by atoms with E-state index in [1.807, 2.05) is 18.2 Å². The Hall–Kier alpha value is -2.49. The van der Waals surface area contributed by atoms with Gasteiger partial charge in [0.25, 0.3) is 0 Å². The first-order chi connectivity index (χ1) is 12.2. The van der Waals surface area contributed by atoms with Gasteiger partial charge in [-0.15, -0.1) is 0 Å². The predicted octanol–water partition coefficient (Wildman–Crippen LogP) is 3.56. The molecule has 0 unspecified atom stereocenters. The first kappa shape index (κ1) is 18.8. The molecule has 2 rings (SSSR count). The number of amides is 1. The Morgan fingerprint density at radius 3 is 2.16 bits per heavy atom. The highest BCUT2D eigenvalue weighted by molar-refractivity contribution is 5.76. The van der Waals surface area contributed by atoms with Crippen LogP contribution in [0.2, 0.25) is 0 Å². The molecule has 0 aliphatic rings. The van der Waals surface area contributed by atoms with Gasteiger partial charge in [0, 0.05) is 13.0 Å². The van der Waals surface area contributed by atoms with E-state index in [1.165, 1.54) is 11.1 Å². The quantitative estimate of drug-likeness (QED) is 0.759. The van der Waals surface area contributed by atoms with Gasteiger partial charge in [0.15, 0.2) is 11.5 Å². The minimum Gasteiger partial charge on any atom is -0.493 e. The lowest BCUT2D eigenvalue weighted by Crippen LogP contribution is -2.25. The maximum Gasteiger partial charge on any atom is 0.220 e. The van der Waals surface area contributed by atoms with Crippen molar-refractivity contribution in [2.24, 2.45) is 0 Å². The minimum absolute atomic E-state index is 0.0834. The summed E-state index contributed by atoms with van der Waals surface area (Å²) in [5.41, 5.74) is 3.63. The molecule has 1 amide bonds. The van der Waals surface area contributed by atoms with Crippen LogP contribution in [-0.4, -0.2) is 26.7 Å². The normalized spacial score (nSPS) is 10.4. The first-order valence-corrected chi connectivity index (χ1v) is 8.71. The molecule has 0 fully saturated rings. The molecule has 0 spiro atoms. The smallest absolute Gasteiger partial charge is 0.220 e. The first-order valence-electron chi connectivity index (χ1n) is 8.71. The molecule has 0 aromatic heterocycles. The summed E-state index contributed by atoms with van der Waals surface area (Å²) in [6.45, 7) is 2.75. The number of hydrogen-bond donors (Lipinski definition) is 1. The fourth-order valence-electron chi connectivity index (χ4n) is 2.67. The van der Waals surface area contributed by atoms with E-state index in [9.17, 15) is 4.79 Å². The monoisotopic (exact) mass is 341 g/mol. The molecule has 0 saturated carbocycles. The van der Waals surface area contributed by atoms with Crippen LogP contribution >= 0.6 is 0 Å². The second kappa shape index (κ2) is 9.72. The topological polar surface area (TPSA) is 47.6 Å². The zero-order valence-electron chi connectivity index (χ0n) is 15.3. The summed E-state index contributed by atoms with van der Waals surface area (Å²) in [7, 11) is 3.24. The average Bonchev–Trinajstić information content (AvgIpc) is 2.66. The zero-order valence-corrected chi connectivity index (χ0v) is 15.3. The summed E-state index contributed by atoms with van der Waals surface area (Å²) >= 11 is 0. The van der Waals surface area contributed by atoms with Crippen LogP contribution in [0, 0.1) is 0 Å². The van der Waals surface area contributed by atoms with Gasteiger partial charge in [-0.2, -0.15) is 0 Å². The molecule has 0 aliphatic heterocycles. The number of carbonyl (C=O) groups excluding carboxylic acids is 1. The van der Waals surface area contributed by atoms with Crippen molar-refractivity contribution >= 4 is 5.91 Å². The maximum absolute atomic E-state index is 12.0. The van der Waals surface area contributed by atoms with Crippen LogP contribution in [0.15, 0.2) is 42.5 Å². The molecule has 0 atom stereocenters. The largest absolute Gasteiger partial charge is 0.493 e. The van der Waals surface area contributed by atoms with E-state index < -0.39 is 0 Å². The number of benzene rings is 2. The maximum atomic E-state index is 12.0. The molecule has 0 saturated heterocycles. The number of carbonyl (C=O) groups is 1. The second-order valence-electron chi connectivity index (χ2n) is 5.96. The van der Waals surface area contributed by atoms with Crippen molar-refractivity contribution in [3.63, 3.8) is 0 Å². The highest BCUT2D eigenvalue weighted by Gasteiger charge is 2.06. The van der Waals surface area contributed by atoms with E-state index >= 15 is 0 Å². The SMILES string of the molecule is CCc1ccc(CCC(=O)NCCc2ccc(OC)c(OC)c2)cc1. The molecule has 2 aromatic rings. The van der Waals surface area contributed by atoms with E-state index in [0.29, 0.717) is 24.5 Å². The summed E-state index contributed by atoms with van der Waals surface area (Å²) in [6.07, 6.45) is 3.08. The number of hydrogen-bond acceptors (Lipinski definition) is 3. The van der Waals surface area contributed by atoms with Gasteiger partial charge in [-0.05, 0) is 48.1 Å². The Labute approximate surface area is 150 Å². The Kier molecular flexibility index (Phi) is 7.33. The van der Waals surface area contributed by atoms with Crippen molar-refractivity contribution in [2.45, 2.75) is 32.6 Å². The Morgan fingerprint density at radius 2 is 1.52 bits per heavy atom. The van der Waals surface area contributed by atoms with E-state index in [1.54, 1.807) is 14.2 Å². The lowest BCUT2D eigenvalue weighted by Gasteiger charge is -2.10. The Bertz CT molecular complexity index is 680. The number of aryl methyl sites for hydroxylation is 2. The van der Waals surface area contributed by atoms with Crippen LogP contribution in [0.1, 0.15) is 30.0 Å². The van der Waals surface area contributed by atoms with Crippen molar-refractivity contribution in [3.8, 4) is 11.5 Å². The molecule has 0 radical (unpaired) electrons. The molecular weight excluding hydrogens is 314 g/mol. The van der Waals surface area contributed by atoms with E-state index in [2.05, 4.69) is 36.5 Å². The second-order valence-corrected chi connectivity index (χ2v) is 5.96. The van der Waals surface area contributed by atoms with E-state index in [0.717, 1.165) is 24.8 Å².